The molecule has 0 radical (unpaired) electrons. The summed E-state index contributed by atoms with van der Waals surface area (Å²) in [6, 6.07) is 8.74. The summed E-state index contributed by atoms with van der Waals surface area (Å²) in [6.45, 7) is 6.82. The van der Waals surface area contributed by atoms with Crippen LogP contribution in [0, 0.1) is 17.3 Å². The van der Waals surface area contributed by atoms with Crippen molar-refractivity contribution in [2.75, 3.05) is 7.05 Å². The lowest BCUT2D eigenvalue weighted by Gasteiger charge is -2.58. The van der Waals surface area contributed by atoms with E-state index >= 15 is 0 Å². The summed E-state index contributed by atoms with van der Waals surface area (Å²) in [5.74, 6) is 1.32. The van der Waals surface area contributed by atoms with Crippen LogP contribution < -0.4 is 5.32 Å². The minimum atomic E-state index is -0.709. The number of aliphatic carboxylic acids is 1. The third-order valence-corrected chi connectivity index (χ3v) is 7.84. The largest absolute Gasteiger partial charge is 0.481 e. The molecule has 2 N–H and O–H groups in total. The van der Waals surface area contributed by atoms with Gasteiger partial charge < -0.3 is 10.4 Å². The average molecular weight is 444 g/mol. The van der Waals surface area contributed by atoms with Crippen molar-refractivity contribution in [2.45, 2.75) is 65.3 Å². The number of thiophene rings is 1. The third-order valence-electron chi connectivity index (χ3n) is 6.85. The standard InChI is InChI=1S/C10H19N.C9H6OS.C7H12O2/c1-10(2)7-4-8(10)6-9(5-7)11-3;10-5-7-6-11-9-4-2-1-3-8(7)9;1-2-3-4-5-6-7(8)9/h7-9,11H,4-6H2,1-3H3;1-6H;2-3H,4-6H2,1H3,(H,8,9)/b;;3-2-. The SMILES string of the molecule is C/C=C\CCCC(=O)O.CNC1CC2CC(C1)C2(C)C.O=Cc1csc2ccccc12. The summed E-state index contributed by atoms with van der Waals surface area (Å²) in [5, 5.41) is 14.5. The molecule has 3 aliphatic rings. The molecule has 31 heavy (non-hydrogen) atoms. The Balaban J connectivity index is 0.000000167. The van der Waals surface area contributed by atoms with Crippen molar-refractivity contribution in [3.8, 4) is 0 Å². The van der Waals surface area contributed by atoms with E-state index in [4.69, 9.17) is 5.11 Å². The van der Waals surface area contributed by atoms with E-state index in [2.05, 4.69) is 26.2 Å². The lowest BCUT2D eigenvalue weighted by Crippen LogP contribution is -2.54. The molecule has 1 aromatic heterocycles. The second-order valence-electron chi connectivity index (χ2n) is 9.07. The molecular formula is C26H37NO3S. The molecule has 0 amide bonds. The van der Waals surface area contributed by atoms with E-state index < -0.39 is 5.97 Å². The highest BCUT2D eigenvalue weighted by atomic mass is 32.1. The Hall–Kier alpha value is -1.98. The number of carbonyl (C=O) groups is 2. The molecule has 5 rings (SSSR count). The summed E-state index contributed by atoms with van der Waals surface area (Å²) >= 11 is 1.61. The fraction of sp³-hybridized carbons (Fsp3) is 0.538. The maximum atomic E-state index is 10.5. The van der Waals surface area contributed by atoms with Crippen molar-refractivity contribution in [1.82, 2.24) is 5.32 Å². The molecule has 2 aromatic rings. The number of aldehydes is 1. The molecule has 0 spiro atoms. The van der Waals surface area contributed by atoms with Gasteiger partial charge in [0, 0.05) is 33.5 Å². The molecule has 0 aliphatic heterocycles. The molecule has 5 heteroatoms. The predicted molar refractivity (Wildman–Crippen MR) is 131 cm³/mol. The molecular weight excluding hydrogens is 406 g/mol. The second kappa shape index (κ2) is 12.2. The predicted octanol–water partition coefficient (Wildman–Crippen LogP) is 6.56. The number of benzene rings is 1. The highest BCUT2D eigenvalue weighted by Crippen LogP contribution is 2.58. The highest BCUT2D eigenvalue weighted by molar-refractivity contribution is 7.17. The summed E-state index contributed by atoms with van der Waals surface area (Å²) in [4.78, 5) is 20.4. The number of rotatable bonds is 6. The van der Waals surface area contributed by atoms with Crippen LogP contribution in [0.2, 0.25) is 0 Å². The van der Waals surface area contributed by atoms with Crippen molar-refractivity contribution in [1.29, 1.82) is 0 Å². The number of hydrogen-bond acceptors (Lipinski definition) is 4. The van der Waals surface area contributed by atoms with Gasteiger partial charge in [0.25, 0.3) is 0 Å². The summed E-state index contributed by atoms with van der Waals surface area (Å²) in [7, 11) is 2.10. The van der Waals surface area contributed by atoms with Gasteiger partial charge in [-0.15, -0.1) is 11.3 Å². The molecule has 3 saturated carbocycles. The van der Waals surface area contributed by atoms with Crippen LogP contribution in [-0.2, 0) is 4.79 Å². The first kappa shape index (κ1) is 25.3. The number of carboxylic acid groups (broad SMARTS) is 1. The molecule has 170 valence electrons. The van der Waals surface area contributed by atoms with E-state index in [1.807, 2.05) is 48.7 Å². The normalized spacial score (nSPS) is 23.2. The first-order chi connectivity index (χ1) is 14.8. The van der Waals surface area contributed by atoms with Gasteiger partial charge in [0.2, 0.25) is 0 Å². The molecule has 2 unspecified atom stereocenters. The minimum absolute atomic E-state index is 0.282. The fourth-order valence-corrected chi connectivity index (χ4v) is 5.48. The average Bonchev–Trinajstić information content (AvgIpc) is 3.21. The zero-order valence-electron chi connectivity index (χ0n) is 19.3. The van der Waals surface area contributed by atoms with E-state index in [1.54, 1.807) is 11.3 Å². The van der Waals surface area contributed by atoms with E-state index in [9.17, 15) is 9.59 Å². The van der Waals surface area contributed by atoms with Crippen molar-refractivity contribution in [3.63, 3.8) is 0 Å². The van der Waals surface area contributed by atoms with Crippen LogP contribution in [0.25, 0.3) is 10.1 Å². The van der Waals surface area contributed by atoms with Gasteiger partial charge in [-0.3, -0.25) is 9.59 Å². The number of carboxylic acids is 1. The van der Waals surface area contributed by atoms with Gasteiger partial charge in [-0.2, -0.15) is 0 Å². The smallest absolute Gasteiger partial charge is 0.303 e. The van der Waals surface area contributed by atoms with Crippen LogP contribution >= 0.6 is 11.3 Å². The van der Waals surface area contributed by atoms with Crippen LogP contribution in [-0.4, -0.2) is 30.5 Å². The van der Waals surface area contributed by atoms with Crippen molar-refractivity contribution >= 4 is 33.7 Å². The van der Waals surface area contributed by atoms with E-state index in [0.29, 0.717) is 5.41 Å². The first-order valence-corrected chi connectivity index (χ1v) is 12.1. The summed E-state index contributed by atoms with van der Waals surface area (Å²) in [5.41, 5.74) is 1.47. The molecule has 1 aromatic carbocycles. The van der Waals surface area contributed by atoms with E-state index in [-0.39, 0.29) is 6.42 Å². The Bertz CT molecular complexity index is 856. The molecule has 1 heterocycles. The minimum Gasteiger partial charge on any atom is -0.481 e. The van der Waals surface area contributed by atoms with Crippen LogP contribution in [0.3, 0.4) is 0 Å². The quantitative estimate of drug-likeness (QED) is 0.301. The van der Waals surface area contributed by atoms with E-state index in [1.165, 1.54) is 24.0 Å². The van der Waals surface area contributed by atoms with Gasteiger partial charge >= 0.3 is 5.97 Å². The Labute approximate surface area is 190 Å². The van der Waals surface area contributed by atoms with Crippen LogP contribution in [0.4, 0.5) is 0 Å². The molecule has 4 nitrogen and oxygen atoms in total. The van der Waals surface area contributed by atoms with Crippen LogP contribution in [0.1, 0.15) is 69.7 Å². The summed E-state index contributed by atoms with van der Waals surface area (Å²) in [6.07, 6.45) is 11.1. The van der Waals surface area contributed by atoms with Gasteiger partial charge in [0.15, 0.2) is 6.29 Å². The zero-order chi connectivity index (χ0) is 22.9. The first-order valence-electron chi connectivity index (χ1n) is 11.2. The Morgan fingerprint density at radius 3 is 2.45 bits per heavy atom. The molecule has 2 bridgehead atoms. The monoisotopic (exact) mass is 443 g/mol. The maximum absolute atomic E-state index is 10.5. The van der Waals surface area contributed by atoms with Gasteiger partial charge in [-0.1, -0.05) is 44.2 Å². The molecule has 3 aliphatic carbocycles. The van der Waals surface area contributed by atoms with Gasteiger partial charge in [0.1, 0.15) is 0 Å². The van der Waals surface area contributed by atoms with Crippen molar-refractivity contribution in [2.24, 2.45) is 17.3 Å². The van der Waals surface area contributed by atoms with E-state index in [0.717, 1.165) is 48.0 Å². The molecule has 3 fully saturated rings. The number of carbonyl (C=O) groups excluding carboxylic acids is 1. The van der Waals surface area contributed by atoms with Gasteiger partial charge in [-0.25, -0.2) is 0 Å². The highest BCUT2D eigenvalue weighted by Gasteiger charge is 2.52. The fourth-order valence-electron chi connectivity index (χ4n) is 4.57. The van der Waals surface area contributed by atoms with Crippen LogP contribution in [0.15, 0.2) is 41.8 Å². The zero-order valence-corrected chi connectivity index (χ0v) is 20.1. The maximum Gasteiger partial charge on any atom is 0.303 e. The number of nitrogens with one attached hydrogen (secondary N) is 1. The van der Waals surface area contributed by atoms with Crippen molar-refractivity contribution < 1.29 is 14.7 Å². The van der Waals surface area contributed by atoms with Gasteiger partial charge in [-0.05, 0) is 69.4 Å². The van der Waals surface area contributed by atoms with Crippen LogP contribution in [0.5, 0.6) is 0 Å². The van der Waals surface area contributed by atoms with Gasteiger partial charge in [0.05, 0.1) is 0 Å². The topological polar surface area (TPSA) is 66.4 Å². The Morgan fingerprint density at radius 1 is 1.23 bits per heavy atom. The Morgan fingerprint density at radius 2 is 1.90 bits per heavy atom. The number of unbranched alkanes of at least 4 members (excludes halogenated alkanes) is 1. The lowest BCUT2D eigenvalue weighted by molar-refractivity contribution is -0.137. The number of hydrogen-bond donors (Lipinski definition) is 2. The third kappa shape index (κ3) is 7.01. The lowest BCUT2D eigenvalue weighted by atomic mass is 9.48. The molecule has 0 saturated heterocycles. The summed E-state index contributed by atoms with van der Waals surface area (Å²) < 4.78 is 1.18. The number of fused-ring (bicyclic) bond motifs is 3. The Kier molecular flexibility index (Phi) is 9.92. The van der Waals surface area contributed by atoms with Crippen molar-refractivity contribution in [3.05, 3.63) is 47.4 Å². The second-order valence-corrected chi connectivity index (χ2v) is 9.98. The number of allylic oxidation sites excluding steroid dienone is 2. The molecule has 2 atom stereocenters.